The maximum atomic E-state index is 5.44. The summed E-state index contributed by atoms with van der Waals surface area (Å²) in [6, 6.07) is 0.544. The quantitative estimate of drug-likeness (QED) is 0.768. The van der Waals surface area contributed by atoms with Gasteiger partial charge >= 0.3 is 0 Å². The van der Waals surface area contributed by atoms with E-state index in [-0.39, 0.29) is 0 Å². The van der Waals surface area contributed by atoms with Gasteiger partial charge in [-0.05, 0) is 42.5 Å². The van der Waals surface area contributed by atoms with Crippen molar-refractivity contribution in [2.24, 2.45) is 10.7 Å². The van der Waals surface area contributed by atoms with Crippen molar-refractivity contribution in [2.75, 3.05) is 11.5 Å². The smallest absolute Gasteiger partial charge is 0.0515 e. The fourth-order valence-corrected chi connectivity index (χ4v) is 2.37. The molecule has 1 aliphatic heterocycles. The Morgan fingerprint density at radius 2 is 1.88 bits per heavy atom. The molecule has 0 unspecified atom stereocenters. The van der Waals surface area contributed by atoms with Crippen LogP contribution < -0.4 is 5.73 Å². The summed E-state index contributed by atoms with van der Waals surface area (Å²) in [5, 5.41) is 0. The second-order valence-corrected chi connectivity index (χ2v) is 5.15. The summed E-state index contributed by atoms with van der Waals surface area (Å²) in [5.74, 6) is 2.52. The van der Waals surface area contributed by atoms with Gasteiger partial charge in [0.1, 0.15) is 0 Å². The molecule has 0 aliphatic carbocycles. The molecular formula is C13H26N2S. The average Bonchev–Trinajstić information content (AvgIpc) is 2.33. The SMILES string of the molecule is CC/C(C=NC1CCSCC1)=C/N.CCC. The molecule has 0 aromatic carbocycles. The second-order valence-electron chi connectivity index (χ2n) is 3.92. The van der Waals surface area contributed by atoms with Gasteiger partial charge in [0, 0.05) is 6.21 Å². The number of allylic oxidation sites excluding steroid dienone is 1. The predicted molar refractivity (Wildman–Crippen MR) is 77.4 cm³/mol. The minimum absolute atomic E-state index is 0.544. The summed E-state index contributed by atoms with van der Waals surface area (Å²) in [5.41, 5.74) is 6.58. The van der Waals surface area contributed by atoms with Crippen LogP contribution in [0.25, 0.3) is 0 Å². The van der Waals surface area contributed by atoms with E-state index in [0.717, 1.165) is 12.0 Å². The van der Waals surface area contributed by atoms with E-state index in [2.05, 4.69) is 25.8 Å². The van der Waals surface area contributed by atoms with Crippen molar-refractivity contribution in [1.29, 1.82) is 0 Å². The van der Waals surface area contributed by atoms with Crippen LogP contribution >= 0.6 is 11.8 Å². The third kappa shape index (κ3) is 7.80. The van der Waals surface area contributed by atoms with Crippen LogP contribution in [0.1, 0.15) is 46.5 Å². The summed E-state index contributed by atoms with van der Waals surface area (Å²) in [7, 11) is 0. The van der Waals surface area contributed by atoms with Crippen LogP contribution in [0.4, 0.5) is 0 Å². The zero-order valence-corrected chi connectivity index (χ0v) is 11.7. The summed E-state index contributed by atoms with van der Waals surface area (Å²) in [4.78, 5) is 4.54. The third-order valence-corrected chi connectivity index (χ3v) is 3.31. The Morgan fingerprint density at radius 1 is 1.31 bits per heavy atom. The summed E-state index contributed by atoms with van der Waals surface area (Å²) >= 11 is 2.03. The summed E-state index contributed by atoms with van der Waals surface area (Å²) < 4.78 is 0. The van der Waals surface area contributed by atoms with Crippen LogP contribution in [-0.2, 0) is 0 Å². The Bertz CT molecular complexity index is 206. The fourth-order valence-electron chi connectivity index (χ4n) is 1.29. The van der Waals surface area contributed by atoms with Gasteiger partial charge in [0.15, 0.2) is 0 Å². The van der Waals surface area contributed by atoms with Gasteiger partial charge in [0.25, 0.3) is 0 Å². The van der Waals surface area contributed by atoms with Crippen LogP contribution in [-0.4, -0.2) is 23.8 Å². The molecule has 1 fully saturated rings. The molecule has 0 spiro atoms. The van der Waals surface area contributed by atoms with E-state index in [1.807, 2.05) is 18.0 Å². The fraction of sp³-hybridized carbons (Fsp3) is 0.769. The normalized spacial score (nSPS) is 18.3. The number of nitrogens with two attached hydrogens (primary N) is 1. The van der Waals surface area contributed by atoms with E-state index < -0.39 is 0 Å². The highest BCUT2D eigenvalue weighted by molar-refractivity contribution is 7.99. The second kappa shape index (κ2) is 11.1. The molecule has 16 heavy (non-hydrogen) atoms. The molecule has 1 aliphatic rings. The minimum atomic E-state index is 0.544. The molecule has 1 heterocycles. The average molecular weight is 242 g/mol. The first-order valence-corrected chi connectivity index (χ1v) is 7.45. The Hall–Kier alpha value is -0.440. The van der Waals surface area contributed by atoms with E-state index in [4.69, 9.17) is 5.73 Å². The number of nitrogens with zero attached hydrogens (tertiary/aromatic N) is 1. The maximum Gasteiger partial charge on any atom is 0.0515 e. The van der Waals surface area contributed by atoms with Crippen LogP contribution in [0, 0.1) is 0 Å². The van der Waals surface area contributed by atoms with Gasteiger partial charge in [-0.15, -0.1) is 0 Å². The third-order valence-electron chi connectivity index (χ3n) is 2.26. The molecule has 2 nitrogen and oxygen atoms in total. The van der Waals surface area contributed by atoms with Crippen molar-refractivity contribution < 1.29 is 0 Å². The first kappa shape index (κ1) is 15.6. The van der Waals surface area contributed by atoms with Crippen molar-refractivity contribution in [2.45, 2.75) is 52.5 Å². The van der Waals surface area contributed by atoms with E-state index >= 15 is 0 Å². The maximum absolute atomic E-state index is 5.44. The summed E-state index contributed by atoms with van der Waals surface area (Å²) in [6.07, 6.45) is 8.27. The van der Waals surface area contributed by atoms with Crippen LogP contribution in [0.2, 0.25) is 0 Å². The van der Waals surface area contributed by atoms with Crippen molar-refractivity contribution in [3.8, 4) is 0 Å². The van der Waals surface area contributed by atoms with E-state index in [0.29, 0.717) is 6.04 Å². The minimum Gasteiger partial charge on any atom is -0.404 e. The summed E-state index contributed by atoms with van der Waals surface area (Å²) in [6.45, 7) is 6.35. The lowest BCUT2D eigenvalue weighted by Crippen LogP contribution is -2.13. The molecule has 0 atom stereocenters. The first-order valence-electron chi connectivity index (χ1n) is 6.30. The topological polar surface area (TPSA) is 38.4 Å². The van der Waals surface area contributed by atoms with Crippen LogP contribution in [0.15, 0.2) is 16.8 Å². The first-order chi connectivity index (χ1) is 7.78. The van der Waals surface area contributed by atoms with Crippen molar-refractivity contribution in [1.82, 2.24) is 0 Å². The van der Waals surface area contributed by atoms with Gasteiger partial charge in [-0.1, -0.05) is 27.2 Å². The van der Waals surface area contributed by atoms with Gasteiger partial charge in [0.2, 0.25) is 0 Å². The molecule has 0 aromatic heterocycles. The molecule has 0 amide bonds. The van der Waals surface area contributed by atoms with Gasteiger partial charge in [-0.3, -0.25) is 4.99 Å². The Morgan fingerprint density at radius 3 is 2.31 bits per heavy atom. The highest BCUT2D eigenvalue weighted by Gasteiger charge is 2.10. The largest absolute Gasteiger partial charge is 0.404 e. The van der Waals surface area contributed by atoms with Crippen molar-refractivity contribution >= 4 is 18.0 Å². The number of hydrogen-bond acceptors (Lipinski definition) is 3. The van der Waals surface area contributed by atoms with E-state index in [9.17, 15) is 0 Å². The van der Waals surface area contributed by atoms with Gasteiger partial charge in [-0.25, -0.2) is 0 Å². The number of hydrogen-bond donors (Lipinski definition) is 1. The highest BCUT2D eigenvalue weighted by Crippen LogP contribution is 2.19. The number of aliphatic imine (C=N–C) groups is 1. The Kier molecular flexibility index (Phi) is 10.8. The molecule has 3 heteroatoms. The molecule has 1 rings (SSSR count). The lowest BCUT2D eigenvalue weighted by Gasteiger charge is -2.16. The van der Waals surface area contributed by atoms with Crippen LogP contribution in [0.3, 0.4) is 0 Å². The van der Waals surface area contributed by atoms with E-state index in [1.54, 1.807) is 6.20 Å². The highest BCUT2D eigenvalue weighted by atomic mass is 32.2. The lowest BCUT2D eigenvalue weighted by atomic mass is 10.1. The molecule has 2 N–H and O–H groups in total. The zero-order valence-electron chi connectivity index (χ0n) is 10.9. The predicted octanol–water partition coefficient (Wildman–Crippen LogP) is 3.62. The molecule has 0 bridgehead atoms. The van der Waals surface area contributed by atoms with Crippen molar-refractivity contribution in [3.63, 3.8) is 0 Å². The lowest BCUT2D eigenvalue weighted by molar-refractivity contribution is 0.630. The zero-order chi connectivity index (χ0) is 12.2. The van der Waals surface area contributed by atoms with Gasteiger partial charge in [-0.2, -0.15) is 11.8 Å². The molecule has 1 saturated heterocycles. The molecule has 0 aromatic rings. The molecule has 0 radical (unpaired) electrons. The molecular weight excluding hydrogens is 216 g/mol. The number of rotatable bonds is 3. The standard InChI is InChI=1S/C10H18N2S.C3H8/c1-2-9(7-11)8-12-10-3-5-13-6-4-10;1-3-2/h7-8,10H,2-6,11H2,1H3;3H2,1-2H3/b9-7-,12-8?;. The van der Waals surface area contributed by atoms with Crippen molar-refractivity contribution in [3.05, 3.63) is 11.8 Å². The van der Waals surface area contributed by atoms with E-state index in [1.165, 1.54) is 30.8 Å². The van der Waals surface area contributed by atoms with Gasteiger partial charge < -0.3 is 5.73 Å². The van der Waals surface area contributed by atoms with Crippen LogP contribution in [0.5, 0.6) is 0 Å². The van der Waals surface area contributed by atoms with Gasteiger partial charge in [0.05, 0.1) is 6.04 Å². The monoisotopic (exact) mass is 242 g/mol. The Labute approximate surface area is 105 Å². The molecule has 0 saturated carbocycles. The Balaban J connectivity index is 0.000000673. The molecule has 94 valence electrons. The number of thioether (sulfide) groups is 1.